The van der Waals surface area contributed by atoms with Crippen molar-refractivity contribution in [2.75, 3.05) is 5.73 Å². The smallest absolute Gasteiger partial charge is 0.203 e. The van der Waals surface area contributed by atoms with Gasteiger partial charge in [-0.05, 0) is 17.7 Å². The molecule has 4 nitrogen and oxygen atoms in total. The topological polar surface area (TPSA) is 64.7 Å². The summed E-state index contributed by atoms with van der Waals surface area (Å²) in [7, 11) is 0. The Morgan fingerprint density at radius 1 is 1.05 bits per heavy atom. The molecule has 0 saturated carbocycles. The van der Waals surface area contributed by atoms with E-state index in [2.05, 4.69) is 27.3 Å². The fourth-order valence-corrected chi connectivity index (χ4v) is 3.39. The van der Waals surface area contributed by atoms with E-state index in [0.29, 0.717) is 5.13 Å². The molecule has 0 atom stereocenters. The SMILES string of the molecule is Nc1nnc(-c2cccnc2SCc2ccccc2)s1. The molecule has 2 heterocycles. The zero-order valence-electron chi connectivity index (χ0n) is 10.6. The Balaban J connectivity index is 1.83. The number of thioether (sulfide) groups is 1. The predicted molar refractivity (Wildman–Crippen MR) is 83.6 cm³/mol. The maximum absolute atomic E-state index is 5.65. The molecule has 0 saturated heterocycles. The van der Waals surface area contributed by atoms with Crippen LogP contribution in [0.4, 0.5) is 5.13 Å². The standard InChI is InChI=1S/C14H12N4S2/c15-14-18-17-13(20-14)11-7-4-8-16-12(11)19-9-10-5-2-1-3-6-10/h1-8H,9H2,(H2,15,18). The number of aromatic nitrogens is 3. The second-order valence-corrected chi connectivity index (χ2v) is 6.05. The van der Waals surface area contributed by atoms with Gasteiger partial charge in [0.2, 0.25) is 5.13 Å². The monoisotopic (exact) mass is 300 g/mol. The molecule has 0 amide bonds. The third-order valence-electron chi connectivity index (χ3n) is 2.66. The molecule has 3 rings (SSSR count). The second-order valence-electron chi connectivity index (χ2n) is 4.08. The number of hydrogen-bond donors (Lipinski definition) is 1. The summed E-state index contributed by atoms with van der Waals surface area (Å²) in [5.41, 5.74) is 7.91. The molecule has 6 heteroatoms. The van der Waals surface area contributed by atoms with Crippen LogP contribution in [0, 0.1) is 0 Å². The maximum atomic E-state index is 5.65. The average molecular weight is 300 g/mol. The maximum Gasteiger partial charge on any atom is 0.203 e. The zero-order chi connectivity index (χ0) is 13.8. The normalized spacial score (nSPS) is 10.6. The van der Waals surface area contributed by atoms with Crippen molar-refractivity contribution in [3.05, 3.63) is 54.2 Å². The second kappa shape index (κ2) is 6.02. The summed E-state index contributed by atoms with van der Waals surface area (Å²) in [5, 5.41) is 10.2. The molecule has 0 aliphatic carbocycles. The van der Waals surface area contributed by atoms with Gasteiger partial charge in [0.25, 0.3) is 0 Å². The van der Waals surface area contributed by atoms with Gasteiger partial charge >= 0.3 is 0 Å². The van der Waals surface area contributed by atoms with Crippen LogP contribution in [-0.2, 0) is 5.75 Å². The van der Waals surface area contributed by atoms with E-state index in [1.165, 1.54) is 16.9 Å². The van der Waals surface area contributed by atoms with Crippen molar-refractivity contribution < 1.29 is 0 Å². The molecule has 20 heavy (non-hydrogen) atoms. The van der Waals surface area contributed by atoms with E-state index in [1.807, 2.05) is 30.3 Å². The van der Waals surface area contributed by atoms with Crippen LogP contribution in [0.15, 0.2) is 53.7 Å². The summed E-state index contributed by atoms with van der Waals surface area (Å²) >= 11 is 3.07. The van der Waals surface area contributed by atoms with Crippen molar-refractivity contribution in [2.24, 2.45) is 0 Å². The fraction of sp³-hybridized carbons (Fsp3) is 0.0714. The molecule has 0 unspecified atom stereocenters. The van der Waals surface area contributed by atoms with Gasteiger partial charge in [0.05, 0.1) is 0 Å². The van der Waals surface area contributed by atoms with Crippen LogP contribution in [0.3, 0.4) is 0 Å². The number of anilines is 1. The molecule has 0 radical (unpaired) electrons. The van der Waals surface area contributed by atoms with Crippen molar-refractivity contribution in [1.29, 1.82) is 0 Å². The lowest BCUT2D eigenvalue weighted by atomic mass is 10.2. The van der Waals surface area contributed by atoms with Crippen LogP contribution in [0.25, 0.3) is 10.6 Å². The number of pyridine rings is 1. The van der Waals surface area contributed by atoms with E-state index in [1.54, 1.807) is 18.0 Å². The van der Waals surface area contributed by atoms with E-state index < -0.39 is 0 Å². The number of rotatable bonds is 4. The van der Waals surface area contributed by atoms with Crippen molar-refractivity contribution in [3.8, 4) is 10.6 Å². The largest absolute Gasteiger partial charge is 0.374 e. The number of nitrogen functional groups attached to an aromatic ring is 1. The number of nitrogens with zero attached hydrogens (tertiary/aromatic N) is 3. The summed E-state index contributed by atoms with van der Waals surface area (Å²) in [4.78, 5) is 4.44. The van der Waals surface area contributed by atoms with Gasteiger partial charge in [-0.15, -0.1) is 22.0 Å². The number of nitrogens with two attached hydrogens (primary N) is 1. The quantitative estimate of drug-likeness (QED) is 0.747. The first-order valence-electron chi connectivity index (χ1n) is 6.04. The summed E-state index contributed by atoms with van der Waals surface area (Å²) in [6.45, 7) is 0. The van der Waals surface area contributed by atoms with Gasteiger partial charge in [0.15, 0.2) is 5.01 Å². The van der Waals surface area contributed by atoms with E-state index in [9.17, 15) is 0 Å². The molecule has 0 bridgehead atoms. The van der Waals surface area contributed by atoms with Crippen LogP contribution >= 0.6 is 23.1 Å². The molecule has 0 spiro atoms. The molecular weight excluding hydrogens is 288 g/mol. The first kappa shape index (κ1) is 13.1. The Kier molecular flexibility index (Phi) is 3.94. The lowest BCUT2D eigenvalue weighted by Gasteiger charge is -2.05. The highest BCUT2D eigenvalue weighted by Gasteiger charge is 2.11. The van der Waals surface area contributed by atoms with E-state index in [0.717, 1.165) is 21.3 Å². The van der Waals surface area contributed by atoms with E-state index in [4.69, 9.17) is 5.73 Å². The van der Waals surface area contributed by atoms with Crippen molar-refractivity contribution in [3.63, 3.8) is 0 Å². The molecule has 2 aromatic heterocycles. The van der Waals surface area contributed by atoms with Crippen LogP contribution in [-0.4, -0.2) is 15.2 Å². The first-order valence-corrected chi connectivity index (χ1v) is 7.84. The van der Waals surface area contributed by atoms with Crippen LogP contribution in [0.5, 0.6) is 0 Å². The molecule has 0 fully saturated rings. The van der Waals surface area contributed by atoms with Gasteiger partial charge < -0.3 is 5.73 Å². The third-order valence-corrected chi connectivity index (χ3v) is 4.52. The third kappa shape index (κ3) is 2.97. The van der Waals surface area contributed by atoms with Crippen molar-refractivity contribution in [2.45, 2.75) is 10.8 Å². The Bertz CT molecular complexity index is 697. The minimum Gasteiger partial charge on any atom is -0.374 e. The molecule has 1 aromatic carbocycles. The minimum atomic E-state index is 0.475. The summed E-state index contributed by atoms with van der Waals surface area (Å²) in [5.74, 6) is 0.874. The van der Waals surface area contributed by atoms with Gasteiger partial charge in [-0.25, -0.2) is 4.98 Å². The number of benzene rings is 1. The van der Waals surface area contributed by atoms with E-state index in [-0.39, 0.29) is 0 Å². The Labute approximate surface area is 125 Å². The minimum absolute atomic E-state index is 0.475. The molecule has 0 aliphatic heterocycles. The molecular formula is C14H12N4S2. The lowest BCUT2D eigenvalue weighted by Crippen LogP contribution is -1.87. The highest BCUT2D eigenvalue weighted by Crippen LogP contribution is 2.33. The number of hydrogen-bond acceptors (Lipinski definition) is 6. The van der Waals surface area contributed by atoms with Gasteiger partial charge in [-0.3, -0.25) is 0 Å². The molecule has 2 N–H and O–H groups in total. The van der Waals surface area contributed by atoms with Gasteiger partial charge in [-0.2, -0.15) is 0 Å². The Hall–Kier alpha value is -1.92. The average Bonchev–Trinajstić information content (AvgIpc) is 2.93. The summed E-state index contributed by atoms with van der Waals surface area (Å²) in [6.07, 6.45) is 1.79. The molecule has 3 aromatic rings. The fourth-order valence-electron chi connectivity index (χ4n) is 1.74. The van der Waals surface area contributed by atoms with Crippen LogP contribution < -0.4 is 5.73 Å². The first-order chi connectivity index (χ1) is 9.83. The molecule has 0 aliphatic rings. The Morgan fingerprint density at radius 3 is 2.65 bits per heavy atom. The zero-order valence-corrected chi connectivity index (χ0v) is 12.2. The van der Waals surface area contributed by atoms with E-state index >= 15 is 0 Å². The predicted octanol–water partition coefficient (Wildman–Crippen LogP) is 3.47. The molecule has 100 valence electrons. The Morgan fingerprint density at radius 2 is 1.90 bits per heavy atom. The van der Waals surface area contributed by atoms with Crippen LogP contribution in [0.1, 0.15) is 5.56 Å². The highest BCUT2D eigenvalue weighted by molar-refractivity contribution is 7.98. The van der Waals surface area contributed by atoms with Gasteiger partial charge in [0.1, 0.15) is 5.03 Å². The lowest BCUT2D eigenvalue weighted by molar-refractivity contribution is 1.08. The van der Waals surface area contributed by atoms with Gasteiger partial charge in [-0.1, -0.05) is 41.7 Å². The highest BCUT2D eigenvalue weighted by atomic mass is 32.2. The van der Waals surface area contributed by atoms with Crippen molar-refractivity contribution in [1.82, 2.24) is 15.2 Å². The summed E-state index contributed by atoms with van der Waals surface area (Å²) < 4.78 is 0. The van der Waals surface area contributed by atoms with Crippen molar-refractivity contribution >= 4 is 28.2 Å². The van der Waals surface area contributed by atoms with Crippen LogP contribution in [0.2, 0.25) is 0 Å². The van der Waals surface area contributed by atoms with Gasteiger partial charge in [0, 0.05) is 17.5 Å². The summed E-state index contributed by atoms with van der Waals surface area (Å²) in [6, 6.07) is 14.2.